The molecule has 0 spiro atoms. The van der Waals surface area contributed by atoms with Crippen LogP contribution in [0.1, 0.15) is 5.56 Å². The molecule has 0 aliphatic carbocycles. The van der Waals surface area contributed by atoms with Gasteiger partial charge in [0, 0.05) is 10.7 Å². The highest BCUT2D eigenvalue weighted by atomic mass is 79.9. The van der Waals surface area contributed by atoms with Crippen LogP contribution in [0.2, 0.25) is 0 Å². The molecule has 0 aliphatic rings. The van der Waals surface area contributed by atoms with Crippen LogP contribution in [0.5, 0.6) is 0 Å². The van der Waals surface area contributed by atoms with Crippen molar-refractivity contribution in [1.29, 1.82) is 0 Å². The predicted molar refractivity (Wildman–Crippen MR) is 63.7 cm³/mol. The van der Waals surface area contributed by atoms with E-state index in [-0.39, 0.29) is 0 Å². The van der Waals surface area contributed by atoms with Crippen LogP contribution >= 0.6 is 31.9 Å². The second kappa shape index (κ2) is 3.87. The molecule has 72 valence electrons. The molecule has 1 aromatic heterocycles. The normalized spacial score (nSPS) is 10.5. The quantitative estimate of drug-likeness (QED) is 0.784. The van der Waals surface area contributed by atoms with E-state index in [9.17, 15) is 0 Å². The number of nitrogens with zero attached hydrogens (tertiary/aromatic N) is 2. The molecule has 0 radical (unpaired) electrons. The zero-order valence-electron chi connectivity index (χ0n) is 7.54. The fraction of sp³-hybridized carbons (Fsp3) is 0.100. The molecular weight excluding hydrogens is 308 g/mol. The number of benzene rings is 1. The van der Waals surface area contributed by atoms with Gasteiger partial charge in [0.1, 0.15) is 0 Å². The first kappa shape index (κ1) is 9.93. The second-order valence-electron chi connectivity index (χ2n) is 3.06. The molecule has 14 heavy (non-hydrogen) atoms. The Morgan fingerprint density at radius 2 is 2.07 bits per heavy atom. The largest absolute Gasteiger partial charge is 0.239 e. The van der Waals surface area contributed by atoms with Crippen molar-refractivity contribution in [2.45, 2.75) is 6.92 Å². The number of rotatable bonds is 1. The molecule has 0 unspecified atom stereocenters. The van der Waals surface area contributed by atoms with Gasteiger partial charge in [-0.05, 0) is 56.5 Å². The summed E-state index contributed by atoms with van der Waals surface area (Å²) >= 11 is 6.89. The number of hydrogen-bond acceptors (Lipinski definition) is 1. The van der Waals surface area contributed by atoms with Crippen molar-refractivity contribution < 1.29 is 0 Å². The maximum absolute atomic E-state index is 4.22. The Hall–Kier alpha value is -0.610. The van der Waals surface area contributed by atoms with Crippen LogP contribution in [-0.4, -0.2) is 9.78 Å². The van der Waals surface area contributed by atoms with E-state index in [4.69, 9.17) is 0 Å². The molecule has 0 bridgehead atoms. The van der Waals surface area contributed by atoms with Crippen LogP contribution in [0.25, 0.3) is 5.69 Å². The maximum Gasteiger partial charge on any atom is 0.0788 e. The van der Waals surface area contributed by atoms with E-state index in [1.807, 2.05) is 16.9 Å². The number of aromatic nitrogens is 2. The third-order valence-corrected chi connectivity index (χ3v) is 2.95. The van der Waals surface area contributed by atoms with Gasteiger partial charge in [-0.2, -0.15) is 5.10 Å². The van der Waals surface area contributed by atoms with E-state index in [1.54, 1.807) is 6.20 Å². The lowest BCUT2D eigenvalue weighted by atomic mass is 10.2. The summed E-state index contributed by atoms with van der Waals surface area (Å²) in [4.78, 5) is 0. The first-order chi connectivity index (χ1) is 6.66. The molecule has 0 saturated heterocycles. The van der Waals surface area contributed by atoms with Gasteiger partial charge in [0.15, 0.2) is 0 Å². The highest BCUT2D eigenvalue weighted by Crippen LogP contribution is 2.22. The van der Waals surface area contributed by atoms with Crippen LogP contribution in [0.4, 0.5) is 0 Å². The van der Waals surface area contributed by atoms with Gasteiger partial charge in [-0.3, -0.25) is 0 Å². The summed E-state index contributed by atoms with van der Waals surface area (Å²) in [5.74, 6) is 0. The smallest absolute Gasteiger partial charge is 0.0788 e. The minimum Gasteiger partial charge on any atom is -0.239 e. The Morgan fingerprint density at radius 1 is 1.29 bits per heavy atom. The fourth-order valence-corrected chi connectivity index (χ4v) is 2.19. The van der Waals surface area contributed by atoms with Gasteiger partial charge in [-0.15, -0.1) is 0 Å². The Morgan fingerprint density at radius 3 is 2.64 bits per heavy atom. The zero-order chi connectivity index (χ0) is 10.1. The highest BCUT2D eigenvalue weighted by molar-refractivity contribution is 9.10. The number of hydrogen-bond donors (Lipinski definition) is 0. The van der Waals surface area contributed by atoms with Gasteiger partial charge in [-0.1, -0.05) is 6.07 Å². The van der Waals surface area contributed by atoms with Crippen molar-refractivity contribution in [2.75, 3.05) is 0 Å². The van der Waals surface area contributed by atoms with E-state index in [2.05, 4.69) is 56.0 Å². The van der Waals surface area contributed by atoms with Crippen LogP contribution < -0.4 is 0 Å². The standard InChI is InChI=1S/C10H8Br2N2/c1-7-2-3-10(9(12)4-7)14-6-8(11)5-13-14/h2-6H,1H3. The second-order valence-corrected chi connectivity index (χ2v) is 4.83. The molecule has 0 amide bonds. The van der Waals surface area contributed by atoms with Crippen molar-refractivity contribution in [3.63, 3.8) is 0 Å². The van der Waals surface area contributed by atoms with Crippen molar-refractivity contribution in [3.8, 4) is 5.69 Å². The van der Waals surface area contributed by atoms with E-state index in [0.29, 0.717) is 0 Å². The lowest BCUT2D eigenvalue weighted by molar-refractivity contribution is 0.875. The van der Waals surface area contributed by atoms with Crippen molar-refractivity contribution >= 4 is 31.9 Å². The summed E-state index contributed by atoms with van der Waals surface area (Å²) in [5, 5.41) is 4.22. The Balaban J connectivity index is 2.52. The summed E-state index contributed by atoms with van der Waals surface area (Å²) in [6.45, 7) is 2.06. The summed E-state index contributed by atoms with van der Waals surface area (Å²) in [5.41, 5.74) is 2.27. The average Bonchev–Trinajstić information content (AvgIpc) is 2.51. The van der Waals surface area contributed by atoms with Gasteiger partial charge in [-0.25, -0.2) is 4.68 Å². The van der Waals surface area contributed by atoms with Gasteiger partial charge < -0.3 is 0 Å². The van der Waals surface area contributed by atoms with Crippen LogP contribution in [-0.2, 0) is 0 Å². The zero-order valence-corrected chi connectivity index (χ0v) is 10.7. The number of halogens is 2. The Kier molecular flexibility index (Phi) is 2.74. The molecule has 0 N–H and O–H groups in total. The molecule has 2 aromatic rings. The molecule has 0 fully saturated rings. The first-order valence-electron chi connectivity index (χ1n) is 4.13. The SMILES string of the molecule is Cc1ccc(-n2cc(Br)cn2)c(Br)c1. The van der Waals surface area contributed by atoms with Gasteiger partial charge >= 0.3 is 0 Å². The summed E-state index contributed by atoms with van der Waals surface area (Å²) < 4.78 is 3.85. The Labute approximate surface area is 99.2 Å². The third-order valence-electron chi connectivity index (χ3n) is 1.90. The van der Waals surface area contributed by atoms with Crippen molar-refractivity contribution in [1.82, 2.24) is 9.78 Å². The molecule has 1 aromatic carbocycles. The minimum atomic E-state index is 0.977. The molecule has 4 heteroatoms. The van der Waals surface area contributed by atoms with Crippen LogP contribution in [0, 0.1) is 6.92 Å². The first-order valence-corrected chi connectivity index (χ1v) is 5.72. The van der Waals surface area contributed by atoms with Gasteiger partial charge in [0.25, 0.3) is 0 Å². The van der Waals surface area contributed by atoms with Crippen molar-refractivity contribution in [3.05, 3.63) is 45.1 Å². The van der Waals surface area contributed by atoms with E-state index in [0.717, 1.165) is 14.6 Å². The van der Waals surface area contributed by atoms with Crippen LogP contribution in [0.15, 0.2) is 39.5 Å². The molecule has 1 heterocycles. The average molecular weight is 316 g/mol. The van der Waals surface area contributed by atoms with Crippen LogP contribution in [0.3, 0.4) is 0 Å². The topological polar surface area (TPSA) is 17.8 Å². The maximum atomic E-state index is 4.22. The summed E-state index contributed by atoms with van der Waals surface area (Å²) in [7, 11) is 0. The molecule has 0 saturated carbocycles. The highest BCUT2D eigenvalue weighted by Gasteiger charge is 2.03. The summed E-state index contributed by atoms with van der Waals surface area (Å²) in [6, 6.07) is 6.18. The third kappa shape index (κ3) is 1.91. The number of aryl methyl sites for hydroxylation is 1. The molecular formula is C10H8Br2N2. The Bertz CT molecular complexity index is 463. The fourth-order valence-electron chi connectivity index (χ4n) is 1.23. The molecule has 2 rings (SSSR count). The molecule has 0 aliphatic heterocycles. The van der Waals surface area contributed by atoms with Gasteiger partial charge in [0.05, 0.1) is 16.4 Å². The monoisotopic (exact) mass is 314 g/mol. The van der Waals surface area contributed by atoms with Gasteiger partial charge in [0.2, 0.25) is 0 Å². The lowest BCUT2D eigenvalue weighted by Gasteiger charge is -2.04. The van der Waals surface area contributed by atoms with E-state index in [1.165, 1.54) is 5.56 Å². The molecule has 2 nitrogen and oxygen atoms in total. The molecule has 0 atom stereocenters. The van der Waals surface area contributed by atoms with E-state index < -0.39 is 0 Å². The minimum absolute atomic E-state index is 0.977. The lowest BCUT2D eigenvalue weighted by Crippen LogP contribution is -1.95. The predicted octanol–water partition coefficient (Wildman–Crippen LogP) is 3.71. The summed E-state index contributed by atoms with van der Waals surface area (Å²) in [6.07, 6.45) is 3.70. The van der Waals surface area contributed by atoms with E-state index >= 15 is 0 Å². The van der Waals surface area contributed by atoms with Crippen molar-refractivity contribution in [2.24, 2.45) is 0 Å².